The molecule has 0 radical (unpaired) electrons. The highest BCUT2D eigenvalue weighted by Gasteiger charge is 2.18. The molecule has 0 saturated heterocycles. The van der Waals surface area contributed by atoms with E-state index in [2.05, 4.69) is 35.2 Å². The first-order valence-corrected chi connectivity index (χ1v) is 6.92. The van der Waals surface area contributed by atoms with Gasteiger partial charge in [0.1, 0.15) is 6.07 Å². The first-order valence-electron chi connectivity index (χ1n) is 6.92. The first-order chi connectivity index (χ1) is 9.57. The molecule has 20 heavy (non-hydrogen) atoms. The molecule has 1 aromatic heterocycles. The number of nitrogens with one attached hydrogen (secondary N) is 1. The zero-order chi connectivity index (χ0) is 15.1. The van der Waals surface area contributed by atoms with E-state index in [1.807, 2.05) is 18.7 Å². The number of rotatable bonds is 7. The van der Waals surface area contributed by atoms with Crippen LogP contribution in [-0.2, 0) is 0 Å². The van der Waals surface area contributed by atoms with Gasteiger partial charge in [0.15, 0.2) is 11.4 Å². The first kappa shape index (κ1) is 16.0. The van der Waals surface area contributed by atoms with E-state index in [-0.39, 0.29) is 0 Å². The maximum Gasteiger partial charge on any atom is 0.238 e. The van der Waals surface area contributed by atoms with E-state index in [4.69, 9.17) is 4.74 Å². The zero-order valence-corrected chi connectivity index (χ0v) is 12.9. The number of aromatic nitrogens is 2. The van der Waals surface area contributed by atoms with E-state index < -0.39 is 0 Å². The lowest BCUT2D eigenvalue weighted by Gasteiger charge is -2.22. The Hall–Kier alpha value is -2.03. The van der Waals surface area contributed by atoms with Crippen molar-refractivity contribution in [1.29, 1.82) is 5.26 Å². The molecule has 0 aliphatic heterocycles. The fourth-order valence-corrected chi connectivity index (χ4v) is 1.80. The number of methoxy groups -OCH3 is 1. The van der Waals surface area contributed by atoms with Crippen molar-refractivity contribution in [1.82, 2.24) is 9.97 Å². The lowest BCUT2D eigenvalue weighted by Crippen LogP contribution is -2.25. The summed E-state index contributed by atoms with van der Waals surface area (Å²) in [5.41, 5.74) is 0.381. The molecular formula is C14H23N5O. The second-order valence-electron chi connectivity index (χ2n) is 4.81. The maximum atomic E-state index is 9.32. The van der Waals surface area contributed by atoms with Gasteiger partial charge in [0.25, 0.3) is 0 Å². The lowest BCUT2D eigenvalue weighted by atomic mass is 10.2. The van der Waals surface area contributed by atoms with Gasteiger partial charge in [0, 0.05) is 19.6 Å². The van der Waals surface area contributed by atoms with Gasteiger partial charge >= 0.3 is 0 Å². The standard InChI is InChI=1S/C14H23N5O/c1-6-19(7-2)12-11(8-15)13(20-5)18-14(17-12)16-9-10(3)4/h10H,6-7,9H2,1-5H3,(H,16,17,18). The number of hydrogen-bond acceptors (Lipinski definition) is 6. The quantitative estimate of drug-likeness (QED) is 0.824. The molecule has 1 rings (SSSR count). The molecule has 0 fully saturated rings. The Morgan fingerprint density at radius 2 is 1.95 bits per heavy atom. The molecule has 6 heteroatoms. The van der Waals surface area contributed by atoms with Crippen molar-refractivity contribution in [3.05, 3.63) is 5.56 Å². The molecule has 0 unspecified atom stereocenters. The second kappa shape index (κ2) is 7.53. The predicted molar refractivity (Wildman–Crippen MR) is 80.2 cm³/mol. The number of hydrogen-bond donors (Lipinski definition) is 1. The molecule has 6 nitrogen and oxygen atoms in total. The number of nitriles is 1. The van der Waals surface area contributed by atoms with Gasteiger partial charge in [0.05, 0.1) is 7.11 Å². The van der Waals surface area contributed by atoms with E-state index in [0.29, 0.717) is 29.1 Å². The molecule has 0 aliphatic rings. The van der Waals surface area contributed by atoms with E-state index >= 15 is 0 Å². The van der Waals surface area contributed by atoms with Gasteiger partial charge in [-0.15, -0.1) is 0 Å². The summed E-state index contributed by atoms with van der Waals surface area (Å²) in [4.78, 5) is 10.7. The Labute approximate surface area is 120 Å². The van der Waals surface area contributed by atoms with E-state index in [9.17, 15) is 5.26 Å². The minimum absolute atomic E-state index is 0.315. The summed E-state index contributed by atoms with van der Waals surface area (Å²) in [6.07, 6.45) is 0. The third kappa shape index (κ3) is 3.73. The van der Waals surface area contributed by atoms with Gasteiger partial charge < -0.3 is 15.0 Å². The highest BCUT2D eigenvalue weighted by Crippen LogP contribution is 2.26. The van der Waals surface area contributed by atoms with Crippen LogP contribution in [0.15, 0.2) is 0 Å². The SMILES string of the molecule is CCN(CC)c1nc(NCC(C)C)nc(OC)c1C#N. The Kier molecular flexibility index (Phi) is 6.04. The van der Waals surface area contributed by atoms with Crippen LogP contribution in [0.2, 0.25) is 0 Å². The van der Waals surface area contributed by atoms with Crippen LogP contribution in [0.4, 0.5) is 11.8 Å². The fourth-order valence-electron chi connectivity index (χ4n) is 1.80. The van der Waals surface area contributed by atoms with Crippen LogP contribution in [0.3, 0.4) is 0 Å². The Bertz CT molecular complexity index is 477. The molecule has 0 atom stereocenters. The molecule has 0 amide bonds. The summed E-state index contributed by atoms with van der Waals surface area (Å²) in [7, 11) is 1.52. The van der Waals surface area contributed by atoms with Crippen LogP contribution < -0.4 is 15.0 Å². The number of nitrogens with zero attached hydrogens (tertiary/aromatic N) is 4. The summed E-state index contributed by atoms with van der Waals surface area (Å²) in [5, 5.41) is 12.5. The largest absolute Gasteiger partial charge is 0.480 e. The third-order valence-corrected chi connectivity index (χ3v) is 2.89. The van der Waals surface area contributed by atoms with Crippen molar-refractivity contribution in [2.75, 3.05) is 37.0 Å². The second-order valence-corrected chi connectivity index (χ2v) is 4.81. The lowest BCUT2D eigenvalue weighted by molar-refractivity contribution is 0.396. The number of ether oxygens (including phenoxy) is 1. The molecular weight excluding hydrogens is 254 g/mol. The molecule has 0 bridgehead atoms. The fraction of sp³-hybridized carbons (Fsp3) is 0.643. The summed E-state index contributed by atoms with van der Waals surface area (Å²) >= 11 is 0. The molecule has 0 saturated carbocycles. The number of anilines is 2. The van der Waals surface area contributed by atoms with Crippen LogP contribution >= 0.6 is 0 Å². The Morgan fingerprint density at radius 1 is 1.30 bits per heavy atom. The van der Waals surface area contributed by atoms with Gasteiger partial charge in [-0.2, -0.15) is 15.2 Å². The van der Waals surface area contributed by atoms with E-state index in [0.717, 1.165) is 19.6 Å². The average molecular weight is 277 g/mol. The monoisotopic (exact) mass is 277 g/mol. The van der Waals surface area contributed by atoms with Crippen LogP contribution in [0, 0.1) is 17.2 Å². The Balaban J connectivity index is 3.24. The minimum Gasteiger partial charge on any atom is -0.480 e. The van der Waals surface area contributed by atoms with Crippen molar-refractivity contribution < 1.29 is 4.74 Å². The van der Waals surface area contributed by atoms with Crippen LogP contribution in [0.25, 0.3) is 0 Å². The highest BCUT2D eigenvalue weighted by molar-refractivity contribution is 5.61. The van der Waals surface area contributed by atoms with Crippen LogP contribution in [0.5, 0.6) is 5.88 Å². The van der Waals surface area contributed by atoms with E-state index in [1.54, 1.807) is 0 Å². The molecule has 1 aromatic rings. The smallest absolute Gasteiger partial charge is 0.238 e. The molecule has 1 N–H and O–H groups in total. The van der Waals surface area contributed by atoms with Crippen molar-refractivity contribution in [2.45, 2.75) is 27.7 Å². The summed E-state index contributed by atoms with van der Waals surface area (Å²) in [5.74, 6) is 1.92. The summed E-state index contributed by atoms with van der Waals surface area (Å²) < 4.78 is 5.22. The van der Waals surface area contributed by atoms with E-state index in [1.165, 1.54) is 7.11 Å². The van der Waals surface area contributed by atoms with Crippen molar-refractivity contribution in [3.63, 3.8) is 0 Å². The average Bonchev–Trinajstić information content (AvgIpc) is 2.45. The minimum atomic E-state index is 0.315. The van der Waals surface area contributed by atoms with Crippen molar-refractivity contribution in [3.8, 4) is 11.9 Å². The maximum absolute atomic E-state index is 9.32. The van der Waals surface area contributed by atoms with Crippen LogP contribution in [-0.4, -0.2) is 36.7 Å². The molecule has 110 valence electrons. The molecule has 0 aliphatic carbocycles. The normalized spacial score (nSPS) is 10.2. The molecule has 1 heterocycles. The van der Waals surface area contributed by atoms with Crippen LogP contribution in [0.1, 0.15) is 33.3 Å². The molecule has 0 spiro atoms. The highest BCUT2D eigenvalue weighted by atomic mass is 16.5. The summed E-state index contributed by atoms with van der Waals surface area (Å²) in [6.45, 7) is 10.6. The van der Waals surface area contributed by atoms with Crippen molar-refractivity contribution >= 4 is 11.8 Å². The van der Waals surface area contributed by atoms with Crippen molar-refractivity contribution in [2.24, 2.45) is 5.92 Å². The predicted octanol–water partition coefficient (Wildman–Crippen LogP) is 2.27. The van der Waals surface area contributed by atoms with Gasteiger partial charge in [-0.05, 0) is 19.8 Å². The Morgan fingerprint density at radius 3 is 2.40 bits per heavy atom. The van der Waals surface area contributed by atoms with Gasteiger partial charge in [-0.25, -0.2) is 0 Å². The van der Waals surface area contributed by atoms with Gasteiger partial charge in [0.2, 0.25) is 11.8 Å². The topological polar surface area (TPSA) is 74.1 Å². The van der Waals surface area contributed by atoms with Gasteiger partial charge in [-0.1, -0.05) is 13.8 Å². The van der Waals surface area contributed by atoms with Gasteiger partial charge in [-0.3, -0.25) is 0 Å². The zero-order valence-electron chi connectivity index (χ0n) is 12.9. The molecule has 0 aromatic carbocycles. The summed E-state index contributed by atoms with van der Waals surface area (Å²) in [6, 6.07) is 2.14. The third-order valence-electron chi connectivity index (χ3n) is 2.89.